The Morgan fingerprint density at radius 3 is 2.29 bits per heavy atom. The van der Waals surface area contributed by atoms with E-state index >= 15 is 0 Å². The van der Waals surface area contributed by atoms with Crippen molar-refractivity contribution in [2.24, 2.45) is 16.2 Å². The minimum absolute atomic E-state index is 0.00901. The summed E-state index contributed by atoms with van der Waals surface area (Å²) in [6, 6.07) is 0. The van der Waals surface area contributed by atoms with Crippen LogP contribution in [0, 0.1) is 16.2 Å². The second kappa shape index (κ2) is 18.8. The van der Waals surface area contributed by atoms with Crippen molar-refractivity contribution in [2.45, 2.75) is 193 Å². The number of aliphatic hydroxyl groups is 4. The fourth-order valence-electron chi connectivity index (χ4n) is 8.66. The van der Waals surface area contributed by atoms with E-state index in [0.717, 1.165) is 6.08 Å². The number of ether oxygens (including phenoxy) is 8. The van der Waals surface area contributed by atoms with E-state index in [0.29, 0.717) is 12.0 Å². The van der Waals surface area contributed by atoms with Crippen molar-refractivity contribution in [1.82, 2.24) is 0 Å². The number of fused-ring (bicyclic) bond motifs is 8. The summed E-state index contributed by atoms with van der Waals surface area (Å²) in [4.78, 5) is 65.4. The third-order valence-corrected chi connectivity index (χ3v) is 12.6. The lowest BCUT2D eigenvalue weighted by Gasteiger charge is -2.54. The molecule has 3 fully saturated rings. The van der Waals surface area contributed by atoms with E-state index < -0.39 is 125 Å². The molecule has 0 saturated carbocycles. The fourth-order valence-corrected chi connectivity index (χ4v) is 8.66. The highest BCUT2D eigenvalue weighted by Gasteiger charge is 2.63. The summed E-state index contributed by atoms with van der Waals surface area (Å²) in [6.07, 6.45) is -6.22. The zero-order valence-corrected chi connectivity index (χ0v) is 37.5. The maximum atomic E-state index is 13.5. The van der Waals surface area contributed by atoms with Gasteiger partial charge in [-0.05, 0) is 47.0 Å². The molecule has 0 aromatic heterocycles. The van der Waals surface area contributed by atoms with Gasteiger partial charge in [-0.3, -0.25) is 14.4 Å². The largest absolute Gasteiger partial charge is 0.466 e. The quantitative estimate of drug-likeness (QED) is 0.129. The molecular formula is C45H66O17. The number of hydrogen-bond acceptors (Lipinski definition) is 17. The highest BCUT2D eigenvalue weighted by atomic mass is 16.7. The minimum Gasteiger partial charge on any atom is -0.466 e. The van der Waals surface area contributed by atoms with E-state index in [4.69, 9.17) is 37.9 Å². The first-order chi connectivity index (χ1) is 28.7. The van der Waals surface area contributed by atoms with Crippen LogP contribution in [-0.2, 0) is 61.9 Å². The molecule has 0 aromatic carbocycles. The number of methoxy groups -OCH3 is 1. The third-order valence-electron chi connectivity index (χ3n) is 12.6. The molecule has 0 unspecified atom stereocenters. The lowest BCUT2D eigenvalue weighted by atomic mass is 9.70. The molecule has 0 aromatic rings. The first-order valence-corrected chi connectivity index (χ1v) is 21.5. The lowest BCUT2D eigenvalue weighted by Crippen LogP contribution is -2.65. The van der Waals surface area contributed by atoms with Gasteiger partial charge in [0, 0.05) is 55.2 Å². The van der Waals surface area contributed by atoms with Gasteiger partial charge in [-0.25, -0.2) is 9.59 Å². The molecule has 0 amide bonds. The number of aliphatic hydroxyl groups excluding tert-OH is 2. The Kier molecular flexibility index (Phi) is 14.9. The Labute approximate surface area is 363 Å². The molecule has 6 bridgehead atoms. The van der Waals surface area contributed by atoms with E-state index in [1.165, 1.54) is 20.1 Å². The van der Waals surface area contributed by atoms with Crippen molar-refractivity contribution in [3.63, 3.8) is 0 Å². The first-order valence-electron chi connectivity index (χ1n) is 21.5. The van der Waals surface area contributed by atoms with Crippen LogP contribution in [0.4, 0.5) is 0 Å². The van der Waals surface area contributed by atoms with Crippen molar-refractivity contribution < 1.29 is 82.3 Å². The highest BCUT2D eigenvalue weighted by Crippen LogP contribution is 2.51. The van der Waals surface area contributed by atoms with Gasteiger partial charge < -0.3 is 58.3 Å². The predicted molar refractivity (Wildman–Crippen MR) is 217 cm³/mol. The van der Waals surface area contributed by atoms with Crippen LogP contribution in [0.25, 0.3) is 0 Å². The van der Waals surface area contributed by atoms with Gasteiger partial charge in [-0.15, -0.1) is 0 Å². The number of hydrogen-bond donors (Lipinski definition) is 4. The molecule has 4 N–H and O–H groups in total. The molecule has 3 saturated heterocycles. The summed E-state index contributed by atoms with van der Waals surface area (Å²) in [7, 11) is 1.25. The maximum absolute atomic E-state index is 13.5. The van der Waals surface area contributed by atoms with Gasteiger partial charge in [0.05, 0.1) is 54.9 Å². The number of rotatable bonds is 6. The Bertz CT molecular complexity index is 1790. The molecule has 17 heteroatoms. The van der Waals surface area contributed by atoms with Gasteiger partial charge in [0.1, 0.15) is 18.3 Å². The van der Waals surface area contributed by atoms with Crippen LogP contribution in [0.1, 0.15) is 120 Å². The first kappa shape index (κ1) is 49.3. The van der Waals surface area contributed by atoms with Gasteiger partial charge in [0.15, 0.2) is 18.0 Å². The van der Waals surface area contributed by atoms with E-state index in [-0.39, 0.29) is 50.5 Å². The number of cyclic esters (lactones) is 1. The Morgan fingerprint density at radius 1 is 0.968 bits per heavy atom. The number of esters is 5. The van der Waals surface area contributed by atoms with Crippen LogP contribution >= 0.6 is 0 Å². The van der Waals surface area contributed by atoms with Crippen LogP contribution in [-0.4, -0.2) is 130 Å². The maximum Gasteiger partial charge on any atom is 0.331 e. The van der Waals surface area contributed by atoms with Crippen LogP contribution in [0.5, 0.6) is 0 Å². The molecule has 5 rings (SSSR count). The van der Waals surface area contributed by atoms with Crippen LogP contribution in [0.3, 0.4) is 0 Å². The van der Waals surface area contributed by atoms with E-state index in [1.54, 1.807) is 67.5 Å². The van der Waals surface area contributed by atoms with Crippen LogP contribution in [0.2, 0.25) is 0 Å². The summed E-state index contributed by atoms with van der Waals surface area (Å²) < 4.78 is 47.7. The van der Waals surface area contributed by atoms with Gasteiger partial charge in [0.2, 0.25) is 5.79 Å². The topological polar surface area (TPSA) is 240 Å². The molecule has 5 heterocycles. The Morgan fingerprint density at radius 2 is 1.66 bits per heavy atom. The van der Waals surface area contributed by atoms with Crippen molar-refractivity contribution in [3.05, 3.63) is 35.5 Å². The lowest BCUT2D eigenvalue weighted by molar-refractivity contribution is -0.349. The standard InChI is InChI=1S/C45H66O17/c1-11-12-34(48)60-39-30-21-37(51)59-38(30)32-22-31(24(2)46)57-36(50)19-26(47)18-28-20-33(58-40(52)41(3,4)5)43(8,9)44(53,61-28)23-29-16-25(17-35(49)55-10)15-27(56-29)13-14-42(6,7)45(39,54)62-32/h13-14,17,21,24,26-29,31-33,38-39,46-47,53-54H,11-12,15-16,18-20,22-23H2,1-10H3/b14-13+,25-17+/t24-,26-,27+,28-,29+,31-,32-,33+,38+,39+,44+,45-/m1/s1. The summed E-state index contributed by atoms with van der Waals surface area (Å²) in [6.45, 7) is 14.9. The molecule has 0 radical (unpaired) electrons. The van der Waals surface area contributed by atoms with Gasteiger partial charge in [-0.1, -0.05) is 52.3 Å². The molecule has 62 heavy (non-hydrogen) atoms. The number of carbonyl (C=O) groups excluding carboxylic acids is 5. The van der Waals surface area contributed by atoms with Crippen molar-refractivity contribution in [3.8, 4) is 0 Å². The van der Waals surface area contributed by atoms with Crippen LogP contribution in [0.15, 0.2) is 35.5 Å². The molecular weight excluding hydrogens is 812 g/mol. The molecule has 348 valence electrons. The predicted octanol–water partition coefficient (Wildman–Crippen LogP) is 3.56. The molecule has 5 aliphatic rings. The SMILES string of the molecule is CCCC(=O)O[C@H]1C2=CC(=O)O[C@@H]2[C@H]2C[C@H]([C@@H](C)O)OC(=O)C[C@H](O)C[C@@H]3C[C@H](OC(=O)C(C)(C)C)C(C)(C)[C@](O)(C[C@@H]4C/C(=C/C(=O)OC)C[C@H](/C=C/C(C)(C)[C@]1(O)O2)O4)O3. The second-order valence-corrected chi connectivity index (χ2v) is 19.5. The zero-order chi connectivity index (χ0) is 46.2. The molecule has 5 aliphatic heterocycles. The Hall–Kier alpha value is -3.71. The normalized spacial score (nSPS) is 37.9. The van der Waals surface area contributed by atoms with Crippen LogP contribution < -0.4 is 0 Å². The average Bonchev–Trinajstić information content (AvgIpc) is 3.54. The summed E-state index contributed by atoms with van der Waals surface area (Å²) in [5, 5.41) is 47.6. The highest BCUT2D eigenvalue weighted by molar-refractivity contribution is 5.87. The van der Waals surface area contributed by atoms with Gasteiger partial charge in [0.25, 0.3) is 0 Å². The van der Waals surface area contributed by atoms with E-state index in [1.807, 2.05) is 0 Å². The van der Waals surface area contributed by atoms with E-state index in [2.05, 4.69) is 0 Å². The minimum atomic E-state index is -2.42. The zero-order valence-electron chi connectivity index (χ0n) is 37.5. The van der Waals surface area contributed by atoms with Gasteiger partial charge in [-0.2, -0.15) is 0 Å². The Balaban J connectivity index is 1.63. The van der Waals surface area contributed by atoms with Crippen molar-refractivity contribution in [1.29, 1.82) is 0 Å². The average molecular weight is 879 g/mol. The summed E-state index contributed by atoms with van der Waals surface area (Å²) in [5.41, 5.74) is -2.92. The number of carbonyl (C=O) groups is 5. The smallest absolute Gasteiger partial charge is 0.331 e. The van der Waals surface area contributed by atoms with Gasteiger partial charge >= 0.3 is 29.8 Å². The molecule has 0 spiro atoms. The monoisotopic (exact) mass is 878 g/mol. The van der Waals surface area contributed by atoms with Crippen molar-refractivity contribution >= 4 is 29.8 Å². The fraction of sp³-hybridized carbons (Fsp3) is 0.756. The second-order valence-electron chi connectivity index (χ2n) is 19.5. The third kappa shape index (κ3) is 10.8. The van der Waals surface area contributed by atoms with E-state index in [9.17, 15) is 44.4 Å². The van der Waals surface area contributed by atoms with Crippen molar-refractivity contribution in [2.75, 3.05) is 7.11 Å². The summed E-state index contributed by atoms with van der Waals surface area (Å²) >= 11 is 0. The molecule has 12 atom stereocenters. The molecule has 17 nitrogen and oxygen atoms in total. The summed E-state index contributed by atoms with van der Waals surface area (Å²) in [5.74, 6) is -7.99. The molecule has 0 aliphatic carbocycles.